The number of nitrogens with zero attached hydrogens (tertiary/aromatic N) is 2. The molecule has 4 heteroatoms. The molecule has 3 rings (SSSR count). The molecule has 0 aliphatic heterocycles. The van der Waals surface area contributed by atoms with Crippen LogP contribution in [0.3, 0.4) is 0 Å². The van der Waals surface area contributed by atoms with Crippen molar-refractivity contribution in [2.24, 2.45) is 10.2 Å². The van der Waals surface area contributed by atoms with Crippen LogP contribution in [0, 0.1) is 0 Å². The molecule has 0 aromatic heterocycles. The molecule has 3 aromatic rings. The Labute approximate surface area is 129 Å². The van der Waals surface area contributed by atoms with Crippen molar-refractivity contribution in [3.8, 4) is 0 Å². The minimum absolute atomic E-state index is 0.101. The van der Waals surface area contributed by atoms with Crippen LogP contribution in [0.1, 0.15) is 0 Å². The summed E-state index contributed by atoms with van der Waals surface area (Å²) in [5.74, 6) is 0. The molecule has 0 spiro atoms. The quantitative estimate of drug-likeness (QED) is 0.672. The van der Waals surface area contributed by atoms with E-state index >= 15 is 0 Å². The number of fused-ring (bicyclic) bond motifs is 1. The third-order valence-corrected chi connectivity index (χ3v) is 3.36. The van der Waals surface area contributed by atoms with Gasteiger partial charge in [-0.25, -0.2) is 0 Å². The smallest absolute Gasteiger partial charge is 0.0936 e. The van der Waals surface area contributed by atoms with Gasteiger partial charge in [-0.2, -0.15) is 5.11 Å². The van der Waals surface area contributed by atoms with Crippen LogP contribution in [0.15, 0.2) is 77.0 Å². The summed E-state index contributed by atoms with van der Waals surface area (Å²) in [7, 11) is 0. The number of nitrogens with one attached hydrogen (secondary N) is 1. The van der Waals surface area contributed by atoms with Gasteiger partial charge in [0.05, 0.1) is 18.0 Å². The highest BCUT2D eigenvalue weighted by Gasteiger charge is 2.04. The number of benzene rings is 3. The lowest BCUT2D eigenvalue weighted by Crippen LogP contribution is -2.05. The fourth-order valence-corrected chi connectivity index (χ4v) is 2.32. The van der Waals surface area contributed by atoms with Crippen LogP contribution in [0.25, 0.3) is 10.8 Å². The SMILES string of the molecule is OCCNc1ccc(N=Nc2ccccc2)c2ccccc12. The number of hydrogen-bond acceptors (Lipinski definition) is 4. The Kier molecular flexibility index (Phi) is 4.41. The predicted molar refractivity (Wildman–Crippen MR) is 90.1 cm³/mol. The lowest BCUT2D eigenvalue weighted by atomic mass is 10.1. The maximum absolute atomic E-state index is 8.97. The molecule has 110 valence electrons. The summed E-state index contributed by atoms with van der Waals surface area (Å²) in [5, 5.41) is 22.9. The largest absolute Gasteiger partial charge is 0.395 e. The Morgan fingerprint density at radius 2 is 1.50 bits per heavy atom. The fourth-order valence-electron chi connectivity index (χ4n) is 2.32. The Balaban J connectivity index is 1.99. The first-order valence-corrected chi connectivity index (χ1v) is 7.22. The molecule has 0 bridgehead atoms. The van der Waals surface area contributed by atoms with E-state index < -0.39 is 0 Å². The molecule has 0 amide bonds. The Bertz CT molecular complexity index is 785. The van der Waals surface area contributed by atoms with Crippen molar-refractivity contribution in [1.29, 1.82) is 0 Å². The van der Waals surface area contributed by atoms with Crippen molar-refractivity contribution in [3.05, 3.63) is 66.7 Å². The zero-order valence-corrected chi connectivity index (χ0v) is 12.1. The van der Waals surface area contributed by atoms with Crippen LogP contribution in [-0.2, 0) is 0 Å². The molecule has 0 saturated carbocycles. The number of rotatable bonds is 5. The first-order valence-electron chi connectivity index (χ1n) is 7.22. The molecular weight excluding hydrogens is 274 g/mol. The van der Waals surface area contributed by atoms with Gasteiger partial charge in [-0.15, -0.1) is 5.11 Å². The summed E-state index contributed by atoms with van der Waals surface area (Å²) >= 11 is 0. The number of anilines is 1. The lowest BCUT2D eigenvalue weighted by molar-refractivity contribution is 0.311. The average molecular weight is 291 g/mol. The van der Waals surface area contributed by atoms with Crippen LogP contribution in [-0.4, -0.2) is 18.3 Å². The summed E-state index contributed by atoms with van der Waals surface area (Å²) < 4.78 is 0. The van der Waals surface area contributed by atoms with Crippen molar-refractivity contribution < 1.29 is 5.11 Å². The van der Waals surface area contributed by atoms with Gasteiger partial charge in [0.15, 0.2) is 0 Å². The minimum atomic E-state index is 0.101. The van der Waals surface area contributed by atoms with E-state index in [0.717, 1.165) is 27.8 Å². The maximum Gasteiger partial charge on any atom is 0.0936 e. The van der Waals surface area contributed by atoms with Crippen molar-refractivity contribution in [2.45, 2.75) is 0 Å². The van der Waals surface area contributed by atoms with E-state index in [0.29, 0.717) is 6.54 Å². The predicted octanol–water partition coefficient (Wildman–Crippen LogP) is 4.66. The van der Waals surface area contributed by atoms with E-state index in [-0.39, 0.29) is 6.61 Å². The van der Waals surface area contributed by atoms with E-state index in [4.69, 9.17) is 5.11 Å². The van der Waals surface area contributed by atoms with Crippen LogP contribution in [0.2, 0.25) is 0 Å². The van der Waals surface area contributed by atoms with Gasteiger partial charge in [0, 0.05) is 23.0 Å². The molecule has 0 unspecified atom stereocenters. The van der Waals surface area contributed by atoms with Gasteiger partial charge in [0.2, 0.25) is 0 Å². The highest BCUT2D eigenvalue weighted by molar-refractivity contribution is 6.00. The number of azo groups is 1. The summed E-state index contributed by atoms with van der Waals surface area (Å²) in [6.07, 6.45) is 0. The molecule has 0 fully saturated rings. The third kappa shape index (κ3) is 3.13. The van der Waals surface area contributed by atoms with Gasteiger partial charge in [0.25, 0.3) is 0 Å². The Morgan fingerprint density at radius 1 is 0.773 bits per heavy atom. The van der Waals surface area contributed by atoms with Gasteiger partial charge in [0.1, 0.15) is 0 Å². The highest BCUT2D eigenvalue weighted by atomic mass is 16.3. The van der Waals surface area contributed by atoms with Gasteiger partial charge in [-0.05, 0) is 24.3 Å². The average Bonchev–Trinajstić information content (AvgIpc) is 2.59. The minimum Gasteiger partial charge on any atom is -0.395 e. The molecule has 0 atom stereocenters. The molecular formula is C18H17N3O. The summed E-state index contributed by atoms with van der Waals surface area (Å²) in [6, 6.07) is 21.6. The molecule has 2 N–H and O–H groups in total. The van der Waals surface area contributed by atoms with Gasteiger partial charge in [-0.3, -0.25) is 0 Å². The molecule has 0 radical (unpaired) electrons. The molecule has 0 aliphatic carbocycles. The number of aliphatic hydroxyl groups is 1. The monoisotopic (exact) mass is 291 g/mol. The van der Waals surface area contributed by atoms with E-state index in [1.165, 1.54) is 0 Å². The van der Waals surface area contributed by atoms with Gasteiger partial charge >= 0.3 is 0 Å². The second-order valence-corrected chi connectivity index (χ2v) is 4.86. The van der Waals surface area contributed by atoms with Crippen LogP contribution in [0.4, 0.5) is 17.1 Å². The normalized spacial score (nSPS) is 11.1. The van der Waals surface area contributed by atoms with Crippen LogP contribution in [0.5, 0.6) is 0 Å². The second-order valence-electron chi connectivity index (χ2n) is 4.86. The first kappa shape index (κ1) is 14.2. The first-order chi connectivity index (χ1) is 10.9. The molecule has 0 saturated heterocycles. The van der Waals surface area contributed by atoms with Crippen LogP contribution >= 0.6 is 0 Å². The fraction of sp³-hybridized carbons (Fsp3) is 0.111. The summed E-state index contributed by atoms with van der Waals surface area (Å²) in [5.41, 5.74) is 2.64. The highest BCUT2D eigenvalue weighted by Crippen LogP contribution is 2.32. The van der Waals surface area contributed by atoms with Crippen molar-refractivity contribution >= 4 is 27.8 Å². The van der Waals surface area contributed by atoms with E-state index in [9.17, 15) is 0 Å². The lowest BCUT2D eigenvalue weighted by Gasteiger charge is -2.10. The Hall–Kier alpha value is -2.72. The standard InChI is InChI=1S/C18H17N3O/c22-13-12-19-17-10-11-18(16-9-5-4-8-15(16)17)21-20-14-6-2-1-3-7-14/h1-11,19,22H,12-13H2. The van der Waals surface area contributed by atoms with Crippen molar-refractivity contribution in [2.75, 3.05) is 18.5 Å². The van der Waals surface area contributed by atoms with E-state index in [1.54, 1.807) is 0 Å². The number of hydrogen-bond donors (Lipinski definition) is 2. The second kappa shape index (κ2) is 6.83. The van der Waals surface area contributed by atoms with Gasteiger partial charge < -0.3 is 10.4 Å². The zero-order chi connectivity index (χ0) is 15.2. The summed E-state index contributed by atoms with van der Waals surface area (Å²) in [4.78, 5) is 0. The van der Waals surface area contributed by atoms with Crippen molar-refractivity contribution in [1.82, 2.24) is 0 Å². The molecule has 0 heterocycles. The topological polar surface area (TPSA) is 57.0 Å². The molecule has 3 aromatic carbocycles. The van der Waals surface area contributed by atoms with Gasteiger partial charge in [-0.1, -0.05) is 42.5 Å². The molecule has 4 nitrogen and oxygen atoms in total. The van der Waals surface area contributed by atoms with E-state index in [1.807, 2.05) is 66.7 Å². The molecule has 0 aliphatic rings. The van der Waals surface area contributed by atoms with Crippen LogP contribution < -0.4 is 5.32 Å². The maximum atomic E-state index is 8.97. The molecule has 22 heavy (non-hydrogen) atoms. The zero-order valence-electron chi connectivity index (χ0n) is 12.1. The number of aliphatic hydroxyl groups excluding tert-OH is 1. The summed E-state index contributed by atoms with van der Waals surface area (Å²) in [6.45, 7) is 0.624. The van der Waals surface area contributed by atoms with E-state index in [2.05, 4.69) is 15.5 Å². The Morgan fingerprint density at radius 3 is 2.27 bits per heavy atom. The third-order valence-electron chi connectivity index (χ3n) is 3.36. The van der Waals surface area contributed by atoms with Crippen molar-refractivity contribution in [3.63, 3.8) is 0 Å².